The van der Waals surface area contributed by atoms with Crippen molar-refractivity contribution in [2.45, 2.75) is 6.54 Å². The SMILES string of the molecule is COC(=O)C(=O)NCc1cncs1. The number of amides is 1. The fourth-order valence-electron chi connectivity index (χ4n) is 0.662. The third-order valence-corrected chi connectivity index (χ3v) is 2.06. The maximum absolute atomic E-state index is 10.9. The highest BCUT2D eigenvalue weighted by Gasteiger charge is 2.12. The summed E-state index contributed by atoms with van der Waals surface area (Å²) in [6, 6.07) is 0. The van der Waals surface area contributed by atoms with Crippen LogP contribution >= 0.6 is 11.3 Å². The lowest BCUT2D eigenvalue weighted by molar-refractivity contribution is -0.152. The molecular formula is C7H8N2O3S. The Balaban J connectivity index is 2.35. The minimum Gasteiger partial charge on any atom is -0.462 e. The van der Waals surface area contributed by atoms with Gasteiger partial charge in [-0.25, -0.2) is 4.79 Å². The molecule has 6 heteroatoms. The molecule has 0 saturated heterocycles. The fraction of sp³-hybridized carbons (Fsp3) is 0.286. The molecule has 70 valence electrons. The van der Waals surface area contributed by atoms with E-state index < -0.39 is 11.9 Å². The van der Waals surface area contributed by atoms with Crippen LogP contribution in [-0.4, -0.2) is 24.0 Å². The Kier molecular flexibility index (Phi) is 3.39. The molecule has 0 aliphatic heterocycles. The topological polar surface area (TPSA) is 68.3 Å². The number of hydrogen-bond donors (Lipinski definition) is 1. The average molecular weight is 200 g/mol. The predicted octanol–water partition coefficient (Wildman–Crippen LogP) is -0.0677. The van der Waals surface area contributed by atoms with Gasteiger partial charge in [0.25, 0.3) is 0 Å². The minimum absolute atomic E-state index is 0.304. The number of nitrogens with zero attached hydrogens (tertiary/aromatic N) is 1. The summed E-state index contributed by atoms with van der Waals surface area (Å²) < 4.78 is 4.22. The second-order valence-corrected chi connectivity index (χ2v) is 3.11. The Morgan fingerprint density at radius 2 is 2.46 bits per heavy atom. The third-order valence-electron chi connectivity index (χ3n) is 1.28. The van der Waals surface area contributed by atoms with Gasteiger partial charge in [0.15, 0.2) is 0 Å². The summed E-state index contributed by atoms with van der Waals surface area (Å²) in [7, 11) is 1.16. The van der Waals surface area contributed by atoms with Gasteiger partial charge in [0.05, 0.1) is 19.2 Å². The molecule has 1 rings (SSSR count). The van der Waals surface area contributed by atoms with Gasteiger partial charge in [0, 0.05) is 11.1 Å². The van der Waals surface area contributed by atoms with E-state index in [1.807, 2.05) is 0 Å². The van der Waals surface area contributed by atoms with Crippen LogP contribution in [0.3, 0.4) is 0 Å². The summed E-state index contributed by atoms with van der Waals surface area (Å²) >= 11 is 1.41. The maximum atomic E-state index is 10.9. The zero-order valence-corrected chi connectivity index (χ0v) is 7.76. The molecule has 1 N–H and O–H groups in total. The van der Waals surface area contributed by atoms with E-state index in [2.05, 4.69) is 15.0 Å². The molecule has 0 aromatic carbocycles. The molecule has 1 heterocycles. The first kappa shape index (κ1) is 9.66. The van der Waals surface area contributed by atoms with Crippen molar-refractivity contribution in [1.29, 1.82) is 0 Å². The number of rotatable bonds is 2. The van der Waals surface area contributed by atoms with Crippen LogP contribution in [0.5, 0.6) is 0 Å². The van der Waals surface area contributed by atoms with E-state index in [1.165, 1.54) is 11.3 Å². The summed E-state index contributed by atoms with van der Waals surface area (Å²) in [6.45, 7) is 0.304. The largest absolute Gasteiger partial charge is 0.462 e. The van der Waals surface area contributed by atoms with E-state index in [1.54, 1.807) is 11.7 Å². The van der Waals surface area contributed by atoms with Crippen molar-refractivity contribution in [3.05, 3.63) is 16.6 Å². The Morgan fingerprint density at radius 3 is 3.00 bits per heavy atom. The molecule has 0 fully saturated rings. The van der Waals surface area contributed by atoms with Gasteiger partial charge < -0.3 is 10.1 Å². The van der Waals surface area contributed by atoms with Gasteiger partial charge in [0.1, 0.15) is 0 Å². The van der Waals surface area contributed by atoms with Crippen molar-refractivity contribution in [3.8, 4) is 0 Å². The standard InChI is InChI=1S/C7H8N2O3S/c1-12-7(11)6(10)9-3-5-2-8-4-13-5/h2,4H,3H2,1H3,(H,9,10). The number of thiazole rings is 1. The van der Waals surface area contributed by atoms with Gasteiger partial charge >= 0.3 is 11.9 Å². The van der Waals surface area contributed by atoms with E-state index in [4.69, 9.17) is 0 Å². The first-order valence-electron chi connectivity index (χ1n) is 3.47. The number of nitrogens with one attached hydrogen (secondary N) is 1. The number of aromatic nitrogens is 1. The molecule has 5 nitrogen and oxygen atoms in total. The van der Waals surface area contributed by atoms with Gasteiger partial charge in [-0.05, 0) is 0 Å². The zero-order chi connectivity index (χ0) is 9.68. The maximum Gasteiger partial charge on any atom is 0.396 e. The average Bonchev–Trinajstić information content (AvgIpc) is 2.65. The Morgan fingerprint density at radius 1 is 1.69 bits per heavy atom. The molecule has 1 aromatic rings. The van der Waals surface area contributed by atoms with Gasteiger partial charge in [-0.2, -0.15) is 0 Å². The Hall–Kier alpha value is -1.43. The lowest BCUT2D eigenvalue weighted by atomic mass is 10.5. The Labute approximate surface area is 78.7 Å². The summed E-state index contributed by atoms with van der Waals surface area (Å²) in [5.41, 5.74) is 1.65. The molecule has 0 saturated carbocycles. The molecule has 0 unspecified atom stereocenters. The van der Waals surface area contributed by atoms with Crippen molar-refractivity contribution >= 4 is 23.2 Å². The van der Waals surface area contributed by atoms with Crippen LogP contribution in [0.2, 0.25) is 0 Å². The highest BCUT2D eigenvalue weighted by atomic mass is 32.1. The molecule has 0 atom stereocenters. The predicted molar refractivity (Wildman–Crippen MR) is 46.0 cm³/mol. The highest BCUT2D eigenvalue weighted by Crippen LogP contribution is 2.03. The number of esters is 1. The van der Waals surface area contributed by atoms with Gasteiger partial charge in [-0.1, -0.05) is 0 Å². The van der Waals surface area contributed by atoms with E-state index in [9.17, 15) is 9.59 Å². The number of hydrogen-bond acceptors (Lipinski definition) is 5. The van der Waals surface area contributed by atoms with Gasteiger partial charge in [-0.3, -0.25) is 9.78 Å². The van der Waals surface area contributed by atoms with Crippen LogP contribution < -0.4 is 5.32 Å². The van der Waals surface area contributed by atoms with Crippen molar-refractivity contribution in [3.63, 3.8) is 0 Å². The van der Waals surface area contributed by atoms with Crippen molar-refractivity contribution < 1.29 is 14.3 Å². The van der Waals surface area contributed by atoms with E-state index in [-0.39, 0.29) is 0 Å². The number of carbonyl (C=O) groups excluding carboxylic acids is 2. The van der Waals surface area contributed by atoms with Crippen molar-refractivity contribution in [1.82, 2.24) is 10.3 Å². The van der Waals surface area contributed by atoms with Crippen LogP contribution in [0.1, 0.15) is 4.88 Å². The van der Waals surface area contributed by atoms with Gasteiger partial charge in [-0.15, -0.1) is 11.3 Å². The molecule has 1 aromatic heterocycles. The molecule has 0 aliphatic rings. The first-order valence-corrected chi connectivity index (χ1v) is 4.35. The lowest BCUT2D eigenvalue weighted by Gasteiger charge is -1.99. The minimum atomic E-state index is -0.885. The molecular weight excluding hydrogens is 192 g/mol. The molecule has 13 heavy (non-hydrogen) atoms. The Bertz CT molecular complexity index is 297. The lowest BCUT2D eigenvalue weighted by Crippen LogP contribution is -2.31. The third kappa shape index (κ3) is 2.83. The van der Waals surface area contributed by atoms with Crippen LogP contribution in [0.4, 0.5) is 0 Å². The molecule has 0 bridgehead atoms. The van der Waals surface area contributed by atoms with Gasteiger partial charge in [0.2, 0.25) is 0 Å². The smallest absolute Gasteiger partial charge is 0.396 e. The van der Waals surface area contributed by atoms with E-state index in [0.29, 0.717) is 6.54 Å². The molecule has 0 aliphatic carbocycles. The molecule has 1 amide bonds. The summed E-state index contributed by atoms with van der Waals surface area (Å²) in [5.74, 6) is -1.62. The number of carbonyl (C=O) groups is 2. The highest BCUT2D eigenvalue weighted by molar-refractivity contribution is 7.09. The van der Waals surface area contributed by atoms with E-state index in [0.717, 1.165) is 12.0 Å². The zero-order valence-electron chi connectivity index (χ0n) is 6.94. The van der Waals surface area contributed by atoms with Crippen LogP contribution in [0.15, 0.2) is 11.7 Å². The fourth-order valence-corrected chi connectivity index (χ4v) is 1.20. The van der Waals surface area contributed by atoms with E-state index >= 15 is 0 Å². The van der Waals surface area contributed by atoms with Crippen LogP contribution in [-0.2, 0) is 20.9 Å². The van der Waals surface area contributed by atoms with Crippen molar-refractivity contribution in [2.75, 3.05) is 7.11 Å². The molecule has 0 radical (unpaired) electrons. The van der Waals surface area contributed by atoms with Crippen LogP contribution in [0.25, 0.3) is 0 Å². The molecule has 0 spiro atoms. The normalized spacial score (nSPS) is 9.31. The monoisotopic (exact) mass is 200 g/mol. The number of ether oxygens (including phenoxy) is 1. The second-order valence-electron chi connectivity index (χ2n) is 2.14. The van der Waals surface area contributed by atoms with Crippen LogP contribution in [0, 0.1) is 0 Å². The summed E-state index contributed by atoms with van der Waals surface area (Å²) in [4.78, 5) is 26.2. The second kappa shape index (κ2) is 4.56. The first-order chi connectivity index (χ1) is 6.24. The number of methoxy groups -OCH3 is 1. The quantitative estimate of drug-likeness (QED) is 0.536. The summed E-state index contributed by atoms with van der Waals surface area (Å²) in [5, 5.41) is 2.39. The van der Waals surface area contributed by atoms with Crippen molar-refractivity contribution in [2.24, 2.45) is 0 Å². The summed E-state index contributed by atoms with van der Waals surface area (Å²) in [6.07, 6.45) is 1.63.